The van der Waals surface area contributed by atoms with Gasteiger partial charge in [0.15, 0.2) is 0 Å². The average molecular weight is 304 g/mol. The molecule has 0 fully saturated rings. The van der Waals surface area contributed by atoms with Gasteiger partial charge in [-0.25, -0.2) is 4.98 Å². The van der Waals surface area contributed by atoms with Gasteiger partial charge < -0.3 is 5.73 Å². The molecule has 2 aromatic heterocycles. The molecule has 3 nitrogen and oxygen atoms in total. The number of halogens is 2. The van der Waals surface area contributed by atoms with E-state index in [9.17, 15) is 0 Å². The van der Waals surface area contributed by atoms with E-state index < -0.39 is 0 Å². The Labute approximate surface area is 126 Å². The Kier molecular flexibility index (Phi) is 3.24. The SMILES string of the molecule is Cc1ccc2cc(-c3nc(N)c(Cl)cc3Cl)ccc2n1. The monoisotopic (exact) mass is 303 g/mol. The van der Waals surface area contributed by atoms with Crippen LogP contribution in [0, 0.1) is 6.92 Å². The molecule has 0 atom stereocenters. The smallest absolute Gasteiger partial charge is 0.143 e. The number of hydrogen-bond donors (Lipinski definition) is 1. The lowest BCUT2D eigenvalue weighted by Gasteiger charge is -2.07. The molecule has 0 saturated heterocycles. The molecular weight excluding hydrogens is 293 g/mol. The van der Waals surface area contributed by atoms with Crippen LogP contribution in [0.4, 0.5) is 5.82 Å². The van der Waals surface area contributed by atoms with E-state index in [4.69, 9.17) is 28.9 Å². The van der Waals surface area contributed by atoms with Crippen LogP contribution >= 0.6 is 23.2 Å². The van der Waals surface area contributed by atoms with Crippen molar-refractivity contribution in [3.8, 4) is 11.3 Å². The fourth-order valence-electron chi connectivity index (χ4n) is 2.06. The molecule has 1 aromatic carbocycles. The van der Waals surface area contributed by atoms with Crippen molar-refractivity contribution in [3.05, 3.63) is 52.1 Å². The van der Waals surface area contributed by atoms with Crippen LogP contribution in [0.5, 0.6) is 0 Å². The Morgan fingerprint density at radius 1 is 0.950 bits per heavy atom. The largest absolute Gasteiger partial charge is 0.382 e. The van der Waals surface area contributed by atoms with Gasteiger partial charge >= 0.3 is 0 Å². The van der Waals surface area contributed by atoms with E-state index >= 15 is 0 Å². The first-order chi connectivity index (χ1) is 9.54. The first kappa shape index (κ1) is 13.2. The lowest BCUT2D eigenvalue weighted by molar-refractivity contribution is 1.25. The van der Waals surface area contributed by atoms with Gasteiger partial charge in [-0.3, -0.25) is 4.98 Å². The maximum absolute atomic E-state index is 6.19. The van der Waals surface area contributed by atoms with Crippen molar-refractivity contribution in [1.29, 1.82) is 0 Å². The topological polar surface area (TPSA) is 51.8 Å². The standard InChI is InChI=1S/C15H11Cl2N3/c1-8-2-3-9-6-10(4-5-13(9)19-8)14-11(16)7-12(17)15(18)20-14/h2-7H,1H3,(H2,18,20). The Hall–Kier alpha value is -1.84. The highest BCUT2D eigenvalue weighted by Gasteiger charge is 2.10. The predicted octanol–water partition coefficient (Wildman–Crippen LogP) is 4.49. The molecule has 0 aliphatic rings. The molecule has 0 radical (unpaired) electrons. The molecule has 2 N–H and O–H groups in total. The molecular formula is C15H11Cl2N3. The zero-order valence-electron chi connectivity index (χ0n) is 10.7. The molecule has 3 aromatic rings. The fraction of sp³-hybridized carbons (Fsp3) is 0.0667. The number of nitrogen functional groups attached to an aromatic ring is 1. The summed E-state index contributed by atoms with van der Waals surface area (Å²) in [5.41, 5.74) is 9.17. The van der Waals surface area contributed by atoms with Gasteiger partial charge in [0, 0.05) is 16.6 Å². The van der Waals surface area contributed by atoms with Crippen LogP contribution in [0.15, 0.2) is 36.4 Å². The molecule has 0 amide bonds. The Morgan fingerprint density at radius 3 is 2.55 bits per heavy atom. The summed E-state index contributed by atoms with van der Waals surface area (Å²) in [4.78, 5) is 8.73. The summed E-state index contributed by atoms with van der Waals surface area (Å²) in [6.45, 7) is 1.96. The summed E-state index contributed by atoms with van der Waals surface area (Å²) in [5, 5.41) is 1.86. The van der Waals surface area contributed by atoms with Gasteiger partial charge in [-0.15, -0.1) is 0 Å². The van der Waals surface area contributed by atoms with E-state index in [1.54, 1.807) is 6.07 Å². The van der Waals surface area contributed by atoms with E-state index in [1.165, 1.54) is 0 Å². The number of pyridine rings is 2. The number of rotatable bonds is 1. The highest BCUT2D eigenvalue weighted by molar-refractivity contribution is 6.37. The van der Waals surface area contributed by atoms with Gasteiger partial charge in [-0.05, 0) is 31.2 Å². The summed E-state index contributed by atoms with van der Waals surface area (Å²) in [7, 11) is 0. The van der Waals surface area contributed by atoms with Gasteiger partial charge in [-0.2, -0.15) is 0 Å². The molecule has 3 rings (SSSR count). The normalized spacial score (nSPS) is 10.9. The maximum Gasteiger partial charge on any atom is 0.143 e. The summed E-state index contributed by atoms with van der Waals surface area (Å²) in [6, 6.07) is 11.5. The van der Waals surface area contributed by atoms with Crippen LogP contribution in [0.3, 0.4) is 0 Å². The van der Waals surface area contributed by atoms with E-state index in [1.807, 2.05) is 37.3 Å². The van der Waals surface area contributed by atoms with Crippen molar-refractivity contribution < 1.29 is 0 Å². The Morgan fingerprint density at radius 2 is 1.75 bits per heavy atom. The average Bonchev–Trinajstić information content (AvgIpc) is 2.42. The number of benzene rings is 1. The van der Waals surface area contributed by atoms with E-state index in [0.29, 0.717) is 15.7 Å². The molecule has 0 bridgehead atoms. The van der Waals surface area contributed by atoms with Crippen molar-refractivity contribution >= 4 is 39.9 Å². The van der Waals surface area contributed by atoms with Crippen molar-refractivity contribution in [2.75, 3.05) is 5.73 Å². The number of anilines is 1. The highest BCUT2D eigenvalue weighted by Crippen LogP contribution is 2.32. The third-order valence-corrected chi connectivity index (χ3v) is 3.65. The number of nitrogens with zero attached hydrogens (tertiary/aromatic N) is 2. The minimum Gasteiger partial charge on any atom is -0.382 e. The van der Waals surface area contributed by atoms with Crippen molar-refractivity contribution in [1.82, 2.24) is 9.97 Å². The van der Waals surface area contributed by atoms with Crippen molar-refractivity contribution in [3.63, 3.8) is 0 Å². The first-order valence-electron chi connectivity index (χ1n) is 6.04. The molecule has 5 heteroatoms. The van der Waals surface area contributed by atoms with E-state index in [0.717, 1.165) is 22.2 Å². The molecule has 0 spiro atoms. The molecule has 0 aliphatic carbocycles. The number of aryl methyl sites for hydroxylation is 1. The van der Waals surface area contributed by atoms with Gasteiger partial charge in [0.2, 0.25) is 0 Å². The third-order valence-electron chi connectivity index (χ3n) is 3.06. The third kappa shape index (κ3) is 2.30. The molecule has 2 heterocycles. The van der Waals surface area contributed by atoms with Crippen LogP contribution in [0.2, 0.25) is 10.0 Å². The highest BCUT2D eigenvalue weighted by atomic mass is 35.5. The molecule has 20 heavy (non-hydrogen) atoms. The lowest BCUT2D eigenvalue weighted by Crippen LogP contribution is -1.95. The lowest BCUT2D eigenvalue weighted by atomic mass is 10.1. The number of fused-ring (bicyclic) bond motifs is 1. The van der Waals surface area contributed by atoms with Gasteiger partial charge in [0.1, 0.15) is 5.82 Å². The van der Waals surface area contributed by atoms with E-state index in [2.05, 4.69) is 9.97 Å². The number of nitrogens with two attached hydrogens (primary N) is 1. The minimum absolute atomic E-state index is 0.271. The van der Waals surface area contributed by atoms with Crippen LogP contribution < -0.4 is 5.73 Å². The zero-order valence-corrected chi connectivity index (χ0v) is 12.2. The summed E-state index contributed by atoms with van der Waals surface area (Å²) >= 11 is 12.1. The number of hydrogen-bond acceptors (Lipinski definition) is 3. The quantitative estimate of drug-likeness (QED) is 0.720. The predicted molar refractivity (Wildman–Crippen MR) is 84.1 cm³/mol. The second kappa shape index (κ2) is 4.93. The summed E-state index contributed by atoms with van der Waals surface area (Å²) in [5.74, 6) is 0.271. The maximum atomic E-state index is 6.19. The summed E-state index contributed by atoms with van der Waals surface area (Å²) in [6.07, 6.45) is 0. The Balaban J connectivity index is 2.20. The fourth-order valence-corrected chi connectivity index (χ4v) is 2.53. The minimum atomic E-state index is 0.271. The second-order valence-electron chi connectivity index (χ2n) is 4.55. The molecule has 100 valence electrons. The number of aromatic nitrogens is 2. The molecule has 0 aliphatic heterocycles. The molecule has 0 unspecified atom stereocenters. The molecule has 0 saturated carbocycles. The second-order valence-corrected chi connectivity index (χ2v) is 5.36. The van der Waals surface area contributed by atoms with Crippen LogP contribution in [-0.4, -0.2) is 9.97 Å². The van der Waals surface area contributed by atoms with Crippen LogP contribution in [0.25, 0.3) is 22.2 Å². The van der Waals surface area contributed by atoms with Crippen molar-refractivity contribution in [2.24, 2.45) is 0 Å². The van der Waals surface area contributed by atoms with E-state index in [-0.39, 0.29) is 5.82 Å². The van der Waals surface area contributed by atoms with Crippen LogP contribution in [0.1, 0.15) is 5.69 Å². The summed E-state index contributed by atoms with van der Waals surface area (Å²) < 4.78 is 0. The van der Waals surface area contributed by atoms with Gasteiger partial charge in [0.25, 0.3) is 0 Å². The Bertz CT molecular complexity index is 816. The van der Waals surface area contributed by atoms with Crippen molar-refractivity contribution in [2.45, 2.75) is 6.92 Å². The van der Waals surface area contributed by atoms with Gasteiger partial charge in [0.05, 0.1) is 21.3 Å². The zero-order chi connectivity index (χ0) is 14.3. The van der Waals surface area contributed by atoms with Gasteiger partial charge in [-0.1, -0.05) is 35.3 Å². The van der Waals surface area contributed by atoms with Crippen LogP contribution in [-0.2, 0) is 0 Å². The first-order valence-corrected chi connectivity index (χ1v) is 6.79.